The molecule has 0 N–H and O–H groups in total. The second kappa shape index (κ2) is 8.52. The lowest BCUT2D eigenvalue weighted by atomic mass is 9.96. The minimum Gasteiger partial charge on any atom is -0.339 e. The summed E-state index contributed by atoms with van der Waals surface area (Å²) in [5.41, 5.74) is 2.86. The Hall–Kier alpha value is -3.80. The highest BCUT2D eigenvalue weighted by atomic mass is 16.5. The molecule has 0 bridgehead atoms. The maximum atomic E-state index is 12.7. The third-order valence-electron chi connectivity index (χ3n) is 5.72. The van der Waals surface area contributed by atoms with Gasteiger partial charge in [0.25, 0.3) is 0 Å². The predicted octanol–water partition coefficient (Wildman–Crippen LogP) is 4.70. The number of likely N-dealkylation sites (tertiary alicyclic amines) is 1. The lowest BCUT2D eigenvalue weighted by Crippen LogP contribution is -2.36. The molecule has 2 aromatic heterocycles. The second-order valence-electron chi connectivity index (χ2n) is 7.67. The van der Waals surface area contributed by atoms with Crippen LogP contribution in [0.2, 0.25) is 0 Å². The summed E-state index contributed by atoms with van der Waals surface area (Å²) in [7, 11) is 0. The summed E-state index contributed by atoms with van der Waals surface area (Å²) in [5, 5.41) is 5.16. The molecule has 5 rings (SSSR count). The zero-order valence-corrected chi connectivity index (χ0v) is 17.0. The number of hydrogen-bond donors (Lipinski definition) is 0. The molecule has 2 aromatic carbocycles. The fraction of sp³-hybridized carbons (Fsp3) is 0.200. The molecule has 0 atom stereocenters. The van der Waals surface area contributed by atoms with Crippen LogP contribution < -0.4 is 0 Å². The quantitative estimate of drug-likeness (QED) is 0.456. The van der Waals surface area contributed by atoms with Gasteiger partial charge >= 0.3 is 0 Å². The molecule has 1 aliphatic rings. The maximum Gasteiger partial charge on any atom is 0.246 e. The van der Waals surface area contributed by atoms with Crippen LogP contribution in [-0.2, 0) is 4.79 Å². The van der Waals surface area contributed by atoms with Crippen LogP contribution in [0.1, 0.15) is 30.2 Å². The van der Waals surface area contributed by atoms with E-state index in [-0.39, 0.29) is 11.8 Å². The van der Waals surface area contributed by atoms with Gasteiger partial charge in [0.15, 0.2) is 0 Å². The average molecular weight is 410 g/mol. The van der Waals surface area contributed by atoms with Gasteiger partial charge < -0.3 is 9.42 Å². The first kappa shape index (κ1) is 19.2. The Bertz CT molecular complexity index is 1220. The van der Waals surface area contributed by atoms with Crippen molar-refractivity contribution in [2.24, 2.45) is 0 Å². The first-order valence-electron chi connectivity index (χ1n) is 10.5. The van der Waals surface area contributed by atoms with Crippen LogP contribution in [0.5, 0.6) is 0 Å². The number of carbonyl (C=O) groups excluding carboxylic acids is 1. The number of aromatic nitrogens is 3. The summed E-state index contributed by atoms with van der Waals surface area (Å²) in [6.45, 7) is 1.35. The molecular formula is C25H22N4O2. The molecule has 154 valence electrons. The number of para-hydroxylation sites is 1. The van der Waals surface area contributed by atoms with Crippen molar-refractivity contribution >= 4 is 22.9 Å². The fourth-order valence-corrected chi connectivity index (χ4v) is 3.98. The van der Waals surface area contributed by atoms with Gasteiger partial charge in [-0.05, 0) is 36.6 Å². The molecule has 0 unspecified atom stereocenters. The summed E-state index contributed by atoms with van der Waals surface area (Å²) in [4.78, 5) is 23.5. The van der Waals surface area contributed by atoms with Crippen molar-refractivity contribution in [1.29, 1.82) is 0 Å². The molecular weight excluding hydrogens is 388 g/mol. The minimum absolute atomic E-state index is 0.0230. The van der Waals surface area contributed by atoms with Crippen molar-refractivity contribution in [1.82, 2.24) is 20.0 Å². The Morgan fingerprint density at radius 3 is 2.61 bits per heavy atom. The van der Waals surface area contributed by atoms with Crippen LogP contribution in [0.15, 0.2) is 77.5 Å². The smallest absolute Gasteiger partial charge is 0.246 e. The summed E-state index contributed by atoms with van der Waals surface area (Å²) in [6.07, 6.45) is 6.93. The highest BCUT2D eigenvalue weighted by molar-refractivity contribution is 5.95. The van der Waals surface area contributed by atoms with Gasteiger partial charge in [-0.1, -0.05) is 53.7 Å². The van der Waals surface area contributed by atoms with Crippen LogP contribution >= 0.6 is 0 Å². The molecule has 31 heavy (non-hydrogen) atoms. The number of amides is 1. The molecule has 1 fully saturated rings. The lowest BCUT2D eigenvalue weighted by Gasteiger charge is -2.29. The highest BCUT2D eigenvalue weighted by Gasteiger charge is 2.27. The molecule has 4 aromatic rings. The van der Waals surface area contributed by atoms with Crippen molar-refractivity contribution in [2.45, 2.75) is 18.8 Å². The van der Waals surface area contributed by atoms with Crippen LogP contribution in [0.25, 0.3) is 28.4 Å². The Morgan fingerprint density at radius 1 is 1.00 bits per heavy atom. The lowest BCUT2D eigenvalue weighted by molar-refractivity contribution is -0.127. The standard InChI is InChI=1S/C25H22N4O2/c30-23(11-10-18-12-15-26-22-9-5-4-8-21(18)22)29-16-13-20(14-17-29)25-27-24(28-31-25)19-6-2-1-3-7-19/h1-12,15,20H,13-14,16-17H2/b11-10+. The van der Waals surface area contributed by atoms with Crippen molar-refractivity contribution in [2.75, 3.05) is 13.1 Å². The van der Waals surface area contributed by atoms with Gasteiger partial charge in [-0.2, -0.15) is 4.98 Å². The largest absolute Gasteiger partial charge is 0.339 e. The number of rotatable bonds is 4. The zero-order chi connectivity index (χ0) is 21.0. The molecule has 0 aliphatic carbocycles. The van der Waals surface area contributed by atoms with Crippen molar-refractivity contribution in [3.05, 3.63) is 84.4 Å². The van der Waals surface area contributed by atoms with Crippen LogP contribution in [0.4, 0.5) is 0 Å². The molecule has 1 aliphatic heterocycles. The number of nitrogens with zero attached hydrogens (tertiary/aromatic N) is 4. The van der Waals surface area contributed by atoms with Gasteiger partial charge in [0.05, 0.1) is 5.52 Å². The summed E-state index contributed by atoms with van der Waals surface area (Å²) < 4.78 is 5.52. The van der Waals surface area contributed by atoms with Gasteiger partial charge in [0.2, 0.25) is 17.6 Å². The van der Waals surface area contributed by atoms with Gasteiger partial charge in [-0.25, -0.2) is 0 Å². The molecule has 6 nitrogen and oxygen atoms in total. The van der Waals surface area contributed by atoms with E-state index in [1.165, 1.54) is 0 Å². The number of piperidine rings is 1. The highest BCUT2D eigenvalue weighted by Crippen LogP contribution is 2.28. The number of pyridine rings is 1. The van der Waals surface area contributed by atoms with E-state index in [0.717, 1.165) is 34.9 Å². The number of hydrogen-bond acceptors (Lipinski definition) is 5. The number of benzene rings is 2. The van der Waals surface area contributed by atoms with E-state index in [9.17, 15) is 4.79 Å². The number of fused-ring (bicyclic) bond motifs is 1. The topological polar surface area (TPSA) is 72.1 Å². The molecule has 1 saturated heterocycles. The van der Waals surface area contributed by atoms with Gasteiger partial charge in [-0.3, -0.25) is 9.78 Å². The molecule has 0 saturated carbocycles. The minimum atomic E-state index is 0.0230. The molecule has 0 spiro atoms. The van der Waals surface area contributed by atoms with Gasteiger partial charge in [0, 0.05) is 42.2 Å². The van der Waals surface area contributed by atoms with Crippen LogP contribution in [0.3, 0.4) is 0 Å². The summed E-state index contributed by atoms with van der Waals surface area (Å²) >= 11 is 0. The molecule has 0 radical (unpaired) electrons. The van der Waals surface area contributed by atoms with Gasteiger partial charge in [0.1, 0.15) is 0 Å². The molecule has 6 heteroatoms. The van der Waals surface area contributed by atoms with E-state index in [4.69, 9.17) is 4.52 Å². The van der Waals surface area contributed by atoms with Crippen LogP contribution in [0, 0.1) is 0 Å². The van der Waals surface area contributed by atoms with Gasteiger partial charge in [-0.15, -0.1) is 0 Å². The Morgan fingerprint density at radius 2 is 1.77 bits per heavy atom. The third-order valence-corrected chi connectivity index (χ3v) is 5.72. The Labute approximate surface area is 180 Å². The summed E-state index contributed by atoms with van der Waals surface area (Å²) in [5.74, 6) is 1.48. The first-order valence-corrected chi connectivity index (χ1v) is 10.5. The maximum absolute atomic E-state index is 12.7. The first-order chi connectivity index (χ1) is 15.3. The van der Waals surface area contributed by atoms with Crippen LogP contribution in [-0.4, -0.2) is 39.0 Å². The average Bonchev–Trinajstić information content (AvgIpc) is 3.33. The predicted molar refractivity (Wildman–Crippen MR) is 119 cm³/mol. The molecule has 3 heterocycles. The molecule has 1 amide bonds. The summed E-state index contributed by atoms with van der Waals surface area (Å²) in [6, 6.07) is 19.7. The Balaban J connectivity index is 1.22. The second-order valence-corrected chi connectivity index (χ2v) is 7.67. The monoisotopic (exact) mass is 410 g/mol. The number of carbonyl (C=O) groups is 1. The van der Waals surface area contributed by atoms with Crippen molar-refractivity contribution < 1.29 is 9.32 Å². The fourth-order valence-electron chi connectivity index (χ4n) is 3.98. The van der Waals surface area contributed by atoms with E-state index in [0.29, 0.717) is 24.8 Å². The zero-order valence-electron chi connectivity index (χ0n) is 17.0. The SMILES string of the molecule is O=C(/C=C/c1ccnc2ccccc12)N1CCC(c2nc(-c3ccccc3)no2)CC1. The van der Waals surface area contributed by atoms with E-state index < -0.39 is 0 Å². The van der Waals surface area contributed by atoms with E-state index in [2.05, 4.69) is 15.1 Å². The van der Waals surface area contributed by atoms with E-state index in [1.54, 1.807) is 12.3 Å². The van der Waals surface area contributed by atoms with Crippen molar-refractivity contribution in [3.8, 4) is 11.4 Å². The van der Waals surface area contributed by atoms with E-state index in [1.807, 2.05) is 71.6 Å². The van der Waals surface area contributed by atoms with E-state index >= 15 is 0 Å². The Kier molecular flexibility index (Phi) is 5.27. The van der Waals surface area contributed by atoms with Crippen molar-refractivity contribution in [3.63, 3.8) is 0 Å². The third kappa shape index (κ3) is 4.10. The normalized spacial score (nSPS) is 15.0.